The lowest BCUT2D eigenvalue weighted by Crippen LogP contribution is -2.60. The van der Waals surface area contributed by atoms with Crippen molar-refractivity contribution >= 4 is 41.4 Å². The van der Waals surface area contributed by atoms with E-state index in [1.54, 1.807) is 13.8 Å². The predicted molar refractivity (Wildman–Crippen MR) is 165 cm³/mol. The number of amides is 6. The van der Waals surface area contributed by atoms with Gasteiger partial charge in [0.15, 0.2) is 0 Å². The molecule has 18 heteroatoms. The van der Waals surface area contributed by atoms with Crippen LogP contribution in [-0.4, -0.2) is 118 Å². The van der Waals surface area contributed by atoms with E-state index in [0.717, 1.165) is 0 Å². The fourth-order valence-electron chi connectivity index (χ4n) is 3.91. The third-order valence-corrected chi connectivity index (χ3v) is 6.73. The number of carboxylic acids is 1. The quantitative estimate of drug-likeness (QED) is 0.0524. The maximum absolute atomic E-state index is 13.1. The molecule has 8 atom stereocenters. The zero-order valence-electron chi connectivity index (χ0n) is 27.3. The molecule has 0 aliphatic carbocycles. The maximum atomic E-state index is 13.1. The Balaban J connectivity index is 5.57. The van der Waals surface area contributed by atoms with Crippen LogP contribution in [0, 0.1) is 5.92 Å². The Morgan fingerprint density at radius 3 is 1.72 bits per heavy atom. The van der Waals surface area contributed by atoms with Crippen molar-refractivity contribution in [3.8, 4) is 0 Å². The summed E-state index contributed by atoms with van der Waals surface area (Å²) in [6.07, 6.45) is -1.39. The summed E-state index contributed by atoms with van der Waals surface area (Å²) in [4.78, 5) is 87.3. The highest BCUT2D eigenvalue weighted by molar-refractivity contribution is 5.96. The van der Waals surface area contributed by atoms with Crippen LogP contribution in [0.3, 0.4) is 0 Å². The molecule has 18 nitrogen and oxygen atoms in total. The summed E-state index contributed by atoms with van der Waals surface area (Å²) >= 11 is 0. The molecule has 0 radical (unpaired) electrons. The minimum atomic E-state index is -1.53. The zero-order chi connectivity index (χ0) is 35.7. The Labute approximate surface area is 268 Å². The fourth-order valence-corrected chi connectivity index (χ4v) is 3.91. The molecule has 0 unspecified atom stereocenters. The van der Waals surface area contributed by atoms with Crippen LogP contribution in [0.25, 0.3) is 0 Å². The van der Waals surface area contributed by atoms with Crippen molar-refractivity contribution < 1.29 is 48.9 Å². The zero-order valence-corrected chi connectivity index (χ0v) is 27.3. The first-order chi connectivity index (χ1) is 21.3. The number of aliphatic hydroxyl groups is 2. The van der Waals surface area contributed by atoms with E-state index in [9.17, 15) is 43.8 Å². The van der Waals surface area contributed by atoms with Crippen LogP contribution in [-0.2, 0) is 33.6 Å². The minimum Gasteiger partial charge on any atom is -0.480 e. The fraction of sp³-hybridized carbons (Fsp3) is 0.750. The van der Waals surface area contributed by atoms with Gasteiger partial charge in [-0.05, 0) is 65.8 Å². The molecule has 13 N–H and O–H groups in total. The van der Waals surface area contributed by atoms with Gasteiger partial charge in [0, 0.05) is 0 Å². The largest absolute Gasteiger partial charge is 0.480 e. The van der Waals surface area contributed by atoms with Gasteiger partial charge in [-0.1, -0.05) is 13.8 Å². The standard InChI is InChI=1S/C28H52N8O10/c1-13(2)11-19(34-20(39)12-31-26(43)21(30)16(5)37)25(42)32-14(3)23(40)35-18(9-7-8-10-29)24(41)36-22(17(6)38)27(44)33-15(4)28(45)46/h13-19,21-22,37-38H,7-12,29-30H2,1-6H3,(H,31,43)(H,32,42)(H,33,44)(H,34,39)(H,35,40)(H,36,41)(H,45,46)/t14-,15-,16+,17+,18-,19-,21-,22-/m0/s1. The van der Waals surface area contributed by atoms with Gasteiger partial charge in [0.25, 0.3) is 0 Å². The molecule has 0 saturated carbocycles. The van der Waals surface area contributed by atoms with E-state index in [1.807, 2.05) is 0 Å². The second-order valence-corrected chi connectivity index (χ2v) is 11.6. The first kappa shape index (κ1) is 42.1. The number of carbonyl (C=O) groups is 7. The van der Waals surface area contributed by atoms with Crippen LogP contribution in [0.1, 0.15) is 67.2 Å². The average Bonchev–Trinajstić information content (AvgIpc) is 2.96. The third kappa shape index (κ3) is 15.9. The molecule has 0 heterocycles. The van der Waals surface area contributed by atoms with Gasteiger partial charge in [0.05, 0.1) is 18.8 Å². The molecule has 0 rings (SSSR count). The number of unbranched alkanes of at least 4 members (excludes halogenated alkanes) is 1. The molecule has 0 aliphatic heterocycles. The first-order valence-corrected chi connectivity index (χ1v) is 15.1. The van der Waals surface area contributed by atoms with Gasteiger partial charge < -0.3 is 58.7 Å². The number of hydrogen-bond donors (Lipinski definition) is 11. The van der Waals surface area contributed by atoms with Crippen molar-refractivity contribution in [2.75, 3.05) is 13.1 Å². The summed E-state index contributed by atoms with van der Waals surface area (Å²) in [6.45, 7) is 8.50. The van der Waals surface area contributed by atoms with Crippen molar-refractivity contribution in [2.24, 2.45) is 17.4 Å². The Morgan fingerprint density at radius 2 is 1.22 bits per heavy atom. The highest BCUT2D eigenvalue weighted by atomic mass is 16.4. The lowest BCUT2D eigenvalue weighted by Gasteiger charge is -2.27. The smallest absolute Gasteiger partial charge is 0.325 e. The second-order valence-electron chi connectivity index (χ2n) is 11.6. The summed E-state index contributed by atoms with van der Waals surface area (Å²) in [5.41, 5.74) is 11.1. The SMILES string of the molecule is CC(C)C[C@H](NC(=O)CNC(=O)[C@@H](N)[C@@H](C)O)C(=O)N[C@@H](C)C(=O)N[C@@H](CCCCN)C(=O)N[C@H](C(=O)N[C@@H](C)C(=O)O)[C@@H](C)O. The third-order valence-electron chi connectivity index (χ3n) is 6.73. The maximum Gasteiger partial charge on any atom is 0.325 e. The van der Waals surface area contributed by atoms with E-state index in [1.165, 1.54) is 27.7 Å². The number of aliphatic carboxylic acids is 1. The Bertz CT molecular complexity index is 1060. The second kappa shape index (κ2) is 21.0. The molecule has 6 amide bonds. The van der Waals surface area contributed by atoms with Crippen molar-refractivity contribution in [3.63, 3.8) is 0 Å². The summed E-state index contributed by atoms with van der Waals surface area (Å²) in [7, 11) is 0. The average molecular weight is 661 g/mol. The Kier molecular flexibility index (Phi) is 19.3. The molecule has 0 spiro atoms. The highest BCUT2D eigenvalue weighted by Gasteiger charge is 2.32. The number of carbonyl (C=O) groups excluding carboxylic acids is 6. The summed E-state index contributed by atoms with van der Waals surface area (Å²) < 4.78 is 0. The van der Waals surface area contributed by atoms with Crippen LogP contribution >= 0.6 is 0 Å². The van der Waals surface area contributed by atoms with Crippen molar-refractivity contribution in [2.45, 2.75) is 116 Å². The van der Waals surface area contributed by atoms with Crippen LogP contribution in [0.15, 0.2) is 0 Å². The van der Waals surface area contributed by atoms with E-state index in [4.69, 9.17) is 16.6 Å². The van der Waals surface area contributed by atoms with Gasteiger partial charge in [0.1, 0.15) is 36.3 Å². The minimum absolute atomic E-state index is 0.0633. The monoisotopic (exact) mass is 660 g/mol. The topological polar surface area (TPSA) is 304 Å². The molecule has 0 saturated heterocycles. The van der Waals surface area contributed by atoms with Crippen LogP contribution in [0.4, 0.5) is 0 Å². The molecule has 0 fully saturated rings. The summed E-state index contributed by atoms with van der Waals surface area (Å²) in [6, 6.07) is -7.59. The highest BCUT2D eigenvalue weighted by Crippen LogP contribution is 2.07. The first-order valence-electron chi connectivity index (χ1n) is 15.1. The van der Waals surface area contributed by atoms with E-state index >= 15 is 0 Å². The van der Waals surface area contributed by atoms with Gasteiger partial charge in [-0.2, -0.15) is 0 Å². The van der Waals surface area contributed by atoms with E-state index < -0.39 is 96.4 Å². The van der Waals surface area contributed by atoms with Crippen LogP contribution in [0.5, 0.6) is 0 Å². The van der Waals surface area contributed by atoms with Crippen LogP contribution in [0.2, 0.25) is 0 Å². The molecule has 0 aliphatic rings. The number of hydrogen-bond acceptors (Lipinski definition) is 11. The molecular weight excluding hydrogens is 608 g/mol. The Morgan fingerprint density at radius 1 is 0.652 bits per heavy atom. The molecule has 0 aromatic heterocycles. The number of carboxylic acid groups (broad SMARTS) is 1. The molecule has 0 aromatic carbocycles. The van der Waals surface area contributed by atoms with Gasteiger partial charge in [-0.15, -0.1) is 0 Å². The predicted octanol–water partition coefficient (Wildman–Crippen LogP) is -4.09. The van der Waals surface area contributed by atoms with Crippen LogP contribution < -0.4 is 43.4 Å². The normalized spacial score (nSPS) is 16.3. The van der Waals surface area contributed by atoms with Crippen molar-refractivity contribution in [3.05, 3.63) is 0 Å². The number of rotatable bonds is 21. The van der Waals surface area contributed by atoms with E-state index in [0.29, 0.717) is 19.4 Å². The summed E-state index contributed by atoms with van der Waals surface area (Å²) in [5, 5.41) is 42.9. The number of nitrogens with two attached hydrogens (primary N) is 2. The van der Waals surface area contributed by atoms with Gasteiger partial charge in [0.2, 0.25) is 35.4 Å². The number of nitrogens with one attached hydrogen (secondary N) is 6. The van der Waals surface area contributed by atoms with Crippen molar-refractivity contribution in [1.29, 1.82) is 0 Å². The molecule has 264 valence electrons. The lowest BCUT2D eigenvalue weighted by molar-refractivity contribution is -0.142. The lowest BCUT2D eigenvalue weighted by atomic mass is 10.0. The molecule has 0 aromatic rings. The van der Waals surface area contributed by atoms with E-state index in [2.05, 4.69) is 31.9 Å². The molecule has 46 heavy (non-hydrogen) atoms. The van der Waals surface area contributed by atoms with Crippen molar-refractivity contribution in [1.82, 2.24) is 31.9 Å². The molecule has 0 bridgehead atoms. The van der Waals surface area contributed by atoms with Gasteiger partial charge in [-0.25, -0.2) is 0 Å². The molecular formula is C28H52N8O10. The Hall–Kier alpha value is -3.87. The number of aliphatic hydroxyl groups excluding tert-OH is 2. The van der Waals surface area contributed by atoms with Gasteiger partial charge in [-0.3, -0.25) is 33.6 Å². The summed E-state index contributed by atoms with van der Waals surface area (Å²) in [5.74, 6) is -6.13. The van der Waals surface area contributed by atoms with Gasteiger partial charge >= 0.3 is 5.97 Å². The van der Waals surface area contributed by atoms with E-state index in [-0.39, 0.29) is 18.8 Å².